The van der Waals surface area contributed by atoms with Crippen molar-refractivity contribution in [2.24, 2.45) is 5.92 Å². The predicted octanol–water partition coefficient (Wildman–Crippen LogP) is 5.59. The smallest absolute Gasteiger partial charge is 0.323 e. The van der Waals surface area contributed by atoms with Crippen molar-refractivity contribution in [1.82, 2.24) is 9.21 Å². The first-order chi connectivity index (χ1) is 22.9. The van der Waals surface area contributed by atoms with Gasteiger partial charge in [-0.05, 0) is 87.7 Å². The van der Waals surface area contributed by atoms with Crippen LogP contribution in [0.1, 0.15) is 50.4 Å². The van der Waals surface area contributed by atoms with E-state index in [1.165, 1.54) is 28.4 Å². The first kappa shape index (κ1) is 36.8. The van der Waals surface area contributed by atoms with E-state index in [4.69, 9.17) is 9.47 Å². The van der Waals surface area contributed by atoms with Crippen LogP contribution in [0.5, 0.6) is 5.75 Å². The largest absolute Gasteiger partial charge is 0.490 e. The van der Waals surface area contributed by atoms with Gasteiger partial charge in [0.2, 0.25) is 10.0 Å². The van der Waals surface area contributed by atoms with Gasteiger partial charge in [0.1, 0.15) is 11.6 Å². The molecule has 0 aliphatic carbocycles. The molecule has 3 aromatic carbocycles. The van der Waals surface area contributed by atoms with Crippen molar-refractivity contribution in [1.29, 1.82) is 0 Å². The lowest BCUT2D eigenvalue weighted by molar-refractivity contribution is -0.00834. The summed E-state index contributed by atoms with van der Waals surface area (Å²) in [6.45, 7) is 5.64. The van der Waals surface area contributed by atoms with E-state index in [0.29, 0.717) is 36.6 Å². The molecular formula is C35H45FN4O7S. The number of amides is 3. The Morgan fingerprint density at radius 1 is 1.04 bits per heavy atom. The van der Waals surface area contributed by atoms with Crippen molar-refractivity contribution in [3.8, 4) is 5.75 Å². The van der Waals surface area contributed by atoms with E-state index < -0.39 is 39.9 Å². The highest BCUT2D eigenvalue weighted by Gasteiger charge is 2.32. The van der Waals surface area contributed by atoms with Gasteiger partial charge in [0.05, 0.1) is 35.3 Å². The van der Waals surface area contributed by atoms with E-state index in [-0.39, 0.29) is 42.2 Å². The fourth-order valence-corrected chi connectivity index (χ4v) is 6.60. The number of para-hydroxylation sites is 1. The molecule has 0 fully saturated rings. The van der Waals surface area contributed by atoms with Gasteiger partial charge in [0, 0.05) is 44.0 Å². The number of fused-ring (bicyclic) bond motifs is 1. The fourth-order valence-electron chi connectivity index (χ4n) is 5.42. The SMILES string of the molecule is C[C@@H]1CCCCO[C@H](CN(C)S(=O)(=O)c2ccc(F)cc2)[C@@H](C)CN([C@H](C)CO)C(=O)c2cc(NC(=O)Nc3ccccc3)ccc2O1. The number of aliphatic hydroxyl groups is 1. The molecule has 48 heavy (non-hydrogen) atoms. The zero-order valence-electron chi connectivity index (χ0n) is 27.8. The quantitative estimate of drug-likeness (QED) is 0.282. The van der Waals surface area contributed by atoms with Crippen LogP contribution in [0.4, 0.5) is 20.6 Å². The molecule has 3 aromatic rings. The number of anilines is 2. The molecule has 0 saturated heterocycles. The van der Waals surface area contributed by atoms with Crippen molar-refractivity contribution in [3.05, 3.63) is 84.2 Å². The van der Waals surface area contributed by atoms with Gasteiger partial charge in [0.15, 0.2) is 0 Å². The maximum absolute atomic E-state index is 14.3. The van der Waals surface area contributed by atoms with Crippen LogP contribution >= 0.6 is 0 Å². The molecule has 1 aliphatic rings. The van der Waals surface area contributed by atoms with Gasteiger partial charge in [-0.2, -0.15) is 4.31 Å². The van der Waals surface area contributed by atoms with E-state index >= 15 is 0 Å². The Balaban J connectivity index is 1.62. The number of urea groups is 1. The van der Waals surface area contributed by atoms with E-state index in [1.54, 1.807) is 49.4 Å². The Bertz CT molecular complexity index is 1630. The molecule has 3 N–H and O–H groups in total. The molecule has 0 saturated carbocycles. The number of hydrogen-bond acceptors (Lipinski definition) is 7. The Hall–Kier alpha value is -4.04. The molecule has 1 heterocycles. The first-order valence-electron chi connectivity index (χ1n) is 16.1. The lowest BCUT2D eigenvalue weighted by atomic mass is 10.0. The minimum atomic E-state index is -3.96. The second-order valence-corrected chi connectivity index (χ2v) is 14.2. The monoisotopic (exact) mass is 684 g/mol. The first-order valence-corrected chi connectivity index (χ1v) is 17.5. The highest BCUT2D eigenvalue weighted by molar-refractivity contribution is 7.89. The number of rotatable bonds is 8. The maximum Gasteiger partial charge on any atom is 0.323 e. The van der Waals surface area contributed by atoms with Crippen LogP contribution in [-0.4, -0.2) is 86.3 Å². The summed E-state index contributed by atoms with van der Waals surface area (Å²) in [5, 5.41) is 15.7. The van der Waals surface area contributed by atoms with Crippen molar-refractivity contribution >= 4 is 33.3 Å². The van der Waals surface area contributed by atoms with Crippen LogP contribution in [0.15, 0.2) is 77.7 Å². The number of benzene rings is 3. The van der Waals surface area contributed by atoms with Crippen molar-refractivity contribution < 1.29 is 37.0 Å². The summed E-state index contributed by atoms with van der Waals surface area (Å²) in [5.41, 5.74) is 1.18. The molecule has 0 aromatic heterocycles. The summed E-state index contributed by atoms with van der Waals surface area (Å²) in [4.78, 5) is 28.6. The average molecular weight is 685 g/mol. The van der Waals surface area contributed by atoms with Gasteiger partial charge < -0.3 is 30.1 Å². The van der Waals surface area contributed by atoms with Crippen LogP contribution in [0.3, 0.4) is 0 Å². The number of carbonyl (C=O) groups is 2. The minimum Gasteiger partial charge on any atom is -0.490 e. The Morgan fingerprint density at radius 2 is 1.73 bits per heavy atom. The van der Waals surface area contributed by atoms with E-state index in [9.17, 15) is 27.5 Å². The lowest BCUT2D eigenvalue weighted by Crippen LogP contribution is -2.48. The number of nitrogens with zero attached hydrogens (tertiary/aromatic N) is 2. The summed E-state index contributed by atoms with van der Waals surface area (Å²) < 4.78 is 53.9. The van der Waals surface area contributed by atoms with Crippen LogP contribution < -0.4 is 15.4 Å². The number of sulfonamides is 1. The van der Waals surface area contributed by atoms with Crippen LogP contribution in [-0.2, 0) is 14.8 Å². The summed E-state index contributed by atoms with van der Waals surface area (Å²) in [6.07, 6.45) is 1.28. The van der Waals surface area contributed by atoms with Gasteiger partial charge in [-0.15, -0.1) is 0 Å². The van der Waals surface area contributed by atoms with Crippen LogP contribution in [0, 0.1) is 11.7 Å². The average Bonchev–Trinajstić information content (AvgIpc) is 3.06. The second-order valence-electron chi connectivity index (χ2n) is 12.2. The fraction of sp³-hybridized carbons (Fsp3) is 0.429. The van der Waals surface area contributed by atoms with Gasteiger partial charge in [0.25, 0.3) is 5.91 Å². The van der Waals surface area contributed by atoms with Gasteiger partial charge >= 0.3 is 6.03 Å². The summed E-state index contributed by atoms with van der Waals surface area (Å²) >= 11 is 0. The number of halogens is 1. The highest BCUT2D eigenvalue weighted by atomic mass is 32.2. The minimum absolute atomic E-state index is 0.0168. The summed E-state index contributed by atoms with van der Waals surface area (Å²) in [5.74, 6) is -1.000. The molecule has 3 amide bonds. The van der Waals surface area contributed by atoms with E-state index in [0.717, 1.165) is 18.6 Å². The molecule has 0 spiro atoms. The maximum atomic E-state index is 14.3. The Morgan fingerprint density at radius 3 is 2.42 bits per heavy atom. The number of aliphatic hydroxyl groups excluding tert-OH is 1. The highest BCUT2D eigenvalue weighted by Crippen LogP contribution is 2.29. The van der Waals surface area contributed by atoms with Gasteiger partial charge in [-0.25, -0.2) is 17.6 Å². The van der Waals surface area contributed by atoms with Crippen molar-refractivity contribution in [2.45, 2.75) is 63.2 Å². The van der Waals surface area contributed by atoms with Crippen LogP contribution in [0.25, 0.3) is 0 Å². The number of hydrogen-bond donors (Lipinski definition) is 3. The zero-order chi connectivity index (χ0) is 34.8. The molecule has 4 rings (SSSR count). The number of carbonyl (C=O) groups excluding carboxylic acids is 2. The molecule has 0 bridgehead atoms. The molecule has 0 radical (unpaired) electrons. The summed E-state index contributed by atoms with van der Waals surface area (Å²) in [6, 6.07) is 17.4. The van der Waals surface area contributed by atoms with Gasteiger partial charge in [-0.3, -0.25) is 4.79 Å². The van der Waals surface area contributed by atoms with Crippen molar-refractivity contribution in [3.63, 3.8) is 0 Å². The molecule has 1 aliphatic heterocycles. The third-order valence-electron chi connectivity index (χ3n) is 8.30. The lowest BCUT2D eigenvalue weighted by Gasteiger charge is -2.35. The summed E-state index contributed by atoms with van der Waals surface area (Å²) in [7, 11) is -2.52. The number of likely N-dealkylation sites (N-methyl/N-ethyl adjacent to an activating group) is 1. The van der Waals surface area contributed by atoms with E-state index in [1.807, 2.05) is 19.9 Å². The molecule has 4 atom stereocenters. The standard InChI is InChI=1S/C35H45FN4O7S/c1-24-21-40(25(2)23-41)34(42)31-20-29(38-35(43)37-28-11-6-5-7-12-28)15-18-32(31)47-26(3)10-8-9-19-46-33(24)22-39(4)48(44,45)30-16-13-27(36)14-17-30/h5-7,11-18,20,24-26,33,41H,8-10,19,21-23H2,1-4H3,(H2,37,38,43)/t24-,25+,26+,33+/m0/s1. The second kappa shape index (κ2) is 16.9. The normalized spacial score (nSPS) is 20.3. The Kier molecular flexibility index (Phi) is 12.9. The third kappa shape index (κ3) is 9.75. The molecule has 11 nitrogen and oxygen atoms in total. The van der Waals surface area contributed by atoms with Gasteiger partial charge in [-0.1, -0.05) is 25.1 Å². The molecule has 260 valence electrons. The topological polar surface area (TPSA) is 138 Å². The molecule has 0 unspecified atom stereocenters. The number of ether oxygens (including phenoxy) is 2. The van der Waals surface area contributed by atoms with E-state index in [2.05, 4.69) is 10.6 Å². The Labute approximate surface area is 282 Å². The third-order valence-corrected chi connectivity index (χ3v) is 10.1. The molecule has 13 heteroatoms. The molecular weight excluding hydrogens is 639 g/mol. The predicted molar refractivity (Wildman–Crippen MR) is 182 cm³/mol. The van der Waals surface area contributed by atoms with Crippen molar-refractivity contribution in [2.75, 3.05) is 44.0 Å². The number of nitrogens with one attached hydrogen (secondary N) is 2. The zero-order valence-corrected chi connectivity index (χ0v) is 28.6. The van der Waals surface area contributed by atoms with Crippen LogP contribution in [0.2, 0.25) is 0 Å².